The molecule has 1 fully saturated rings. The number of nitrogens with one attached hydrogen (secondary N) is 1. The zero-order valence-corrected chi connectivity index (χ0v) is 23.6. The van der Waals surface area contributed by atoms with Crippen LogP contribution in [0.15, 0.2) is 72.8 Å². The predicted molar refractivity (Wildman–Crippen MR) is 160 cm³/mol. The maximum atomic E-state index is 13.9. The summed E-state index contributed by atoms with van der Waals surface area (Å²) in [4.78, 5) is 34.2. The Kier molecular flexibility index (Phi) is 8.81. The molecule has 1 aliphatic rings. The molecular weight excluding hydrogens is 543 g/mol. The monoisotopic (exact) mass is 574 g/mol. The van der Waals surface area contributed by atoms with E-state index in [1.165, 1.54) is 19.1 Å². The zero-order chi connectivity index (χ0) is 28.9. The molecular formula is C32H32ClFN4O3. The van der Waals surface area contributed by atoms with Crippen molar-refractivity contribution < 1.29 is 19.1 Å². The Morgan fingerprint density at radius 1 is 1.05 bits per heavy atom. The quantitative estimate of drug-likeness (QED) is 0.276. The predicted octanol–water partition coefficient (Wildman–Crippen LogP) is 5.83. The lowest BCUT2D eigenvalue weighted by Gasteiger charge is -2.33. The van der Waals surface area contributed by atoms with Crippen LogP contribution in [0.5, 0.6) is 0 Å². The number of hydrogen-bond donors (Lipinski definition) is 2. The third kappa shape index (κ3) is 7.20. The van der Waals surface area contributed by atoms with E-state index in [-0.39, 0.29) is 23.7 Å². The number of fused-ring (bicyclic) bond motifs is 1. The van der Waals surface area contributed by atoms with Gasteiger partial charge in [0.1, 0.15) is 11.6 Å². The van der Waals surface area contributed by atoms with Crippen LogP contribution in [0.4, 0.5) is 15.9 Å². The molecule has 0 spiro atoms. The SMILES string of the molecule is CC(=O)Nc1ccc(C(=O)N(CCc2ccc(F)cc2)Cc2cc3ccc(Cl)cc3nc2N2CCC(O)CC2)cc1. The normalized spacial score (nSPS) is 13.8. The minimum atomic E-state index is -0.334. The van der Waals surface area contributed by atoms with Crippen LogP contribution in [0, 0.1) is 5.82 Å². The number of hydrogen-bond acceptors (Lipinski definition) is 5. The molecule has 41 heavy (non-hydrogen) atoms. The van der Waals surface area contributed by atoms with Crippen molar-refractivity contribution in [1.29, 1.82) is 0 Å². The molecule has 4 aromatic rings. The molecule has 1 aliphatic heterocycles. The van der Waals surface area contributed by atoms with E-state index in [1.807, 2.05) is 18.2 Å². The fraction of sp³-hybridized carbons (Fsp3) is 0.281. The maximum Gasteiger partial charge on any atom is 0.254 e. The maximum absolute atomic E-state index is 13.9. The number of aliphatic hydroxyl groups excluding tert-OH is 1. The minimum Gasteiger partial charge on any atom is -0.393 e. The Morgan fingerprint density at radius 3 is 2.44 bits per heavy atom. The van der Waals surface area contributed by atoms with Gasteiger partial charge in [-0.15, -0.1) is 0 Å². The molecule has 9 heteroatoms. The molecule has 212 valence electrons. The van der Waals surface area contributed by atoms with E-state index in [9.17, 15) is 19.1 Å². The van der Waals surface area contributed by atoms with Crippen molar-refractivity contribution in [2.75, 3.05) is 29.9 Å². The van der Waals surface area contributed by atoms with Crippen molar-refractivity contribution in [3.8, 4) is 0 Å². The summed E-state index contributed by atoms with van der Waals surface area (Å²) in [5.74, 6) is 0.109. The lowest BCUT2D eigenvalue weighted by atomic mass is 10.0. The van der Waals surface area contributed by atoms with Crippen LogP contribution in [0.1, 0.15) is 41.3 Å². The van der Waals surface area contributed by atoms with Gasteiger partial charge in [-0.05, 0) is 79.4 Å². The Labute approximate surface area is 243 Å². The Morgan fingerprint density at radius 2 is 1.76 bits per heavy atom. The molecule has 1 aromatic heterocycles. The number of piperidine rings is 1. The van der Waals surface area contributed by atoms with Gasteiger partial charge in [0.05, 0.1) is 11.6 Å². The Hall–Kier alpha value is -4.01. The van der Waals surface area contributed by atoms with E-state index in [1.54, 1.807) is 41.3 Å². The summed E-state index contributed by atoms with van der Waals surface area (Å²) in [7, 11) is 0. The average Bonchev–Trinajstić information content (AvgIpc) is 2.96. The van der Waals surface area contributed by atoms with Gasteiger partial charge < -0.3 is 20.2 Å². The van der Waals surface area contributed by atoms with Crippen molar-refractivity contribution >= 4 is 45.8 Å². The summed E-state index contributed by atoms with van der Waals surface area (Å²) in [6.07, 6.45) is 1.49. The van der Waals surface area contributed by atoms with E-state index in [2.05, 4.69) is 16.3 Å². The molecule has 2 amide bonds. The van der Waals surface area contributed by atoms with Gasteiger partial charge in [-0.2, -0.15) is 0 Å². The van der Waals surface area contributed by atoms with E-state index >= 15 is 0 Å². The molecule has 3 aromatic carbocycles. The molecule has 0 bridgehead atoms. The molecule has 7 nitrogen and oxygen atoms in total. The summed E-state index contributed by atoms with van der Waals surface area (Å²) < 4.78 is 13.5. The number of anilines is 2. The van der Waals surface area contributed by atoms with Gasteiger partial charge >= 0.3 is 0 Å². The smallest absolute Gasteiger partial charge is 0.254 e. The Balaban J connectivity index is 1.49. The summed E-state index contributed by atoms with van der Waals surface area (Å²) in [5, 5.41) is 14.3. The van der Waals surface area contributed by atoms with E-state index in [0.717, 1.165) is 27.8 Å². The van der Waals surface area contributed by atoms with E-state index in [4.69, 9.17) is 16.6 Å². The summed E-state index contributed by atoms with van der Waals surface area (Å²) in [5.41, 5.74) is 3.67. The number of amides is 2. The number of nitrogens with zero attached hydrogens (tertiary/aromatic N) is 3. The van der Waals surface area contributed by atoms with Crippen molar-refractivity contribution in [1.82, 2.24) is 9.88 Å². The van der Waals surface area contributed by atoms with Gasteiger partial charge in [0.15, 0.2) is 0 Å². The highest BCUT2D eigenvalue weighted by molar-refractivity contribution is 6.31. The number of pyridine rings is 1. The van der Waals surface area contributed by atoms with Crippen LogP contribution in [0.2, 0.25) is 5.02 Å². The first kappa shape index (κ1) is 28.5. The van der Waals surface area contributed by atoms with Crippen LogP contribution in [-0.2, 0) is 17.8 Å². The molecule has 0 atom stereocenters. The first-order chi connectivity index (χ1) is 19.7. The highest BCUT2D eigenvalue weighted by atomic mass is 35.5. The number of rotatable bonds is 8. The van der Waals surface area contributed by atoms with Crippen LogP contribution < -0.4 is 10.2 Å². The van der Waals surface area contributed by atoms with Gasteiger partial charge in [0.2, 0.25) is 5.91 Å². The molecule has 2 heterocycles. The highest BCUT2D eigenvalue weighted by Gasteiger charge is 2.24. The molecule has 0 aliphatic carbocycles. The van der Waals surface area contributed by atoms with Gasteiger partial charge in [-0.1, -0.05) is 29.8 Å². The summed E-state index contributed by atoms with van der Waals surface area (Å²) >= 11 is 6.27. The van der Waals surface area contributed by atoms with Crippen LogP contribution in [0.3, 0.4) is 0 Å². The van der Waals surface area contributed by atoms with Crippen LogP contribution in [-0.4, -0.2) is 52.5 Å². The van der Waals surface area contributed by atoms with Crippen molar-refractivity contribution in [3.05, 3.63) is 100 Å². The number of carbonyl (C=O) groups is 2. The van der Waals surface area contributed by atoms with Gasteiger partial charge in [0, 0.05) is 60.3 Å². The summed E-state index contributed by atoms with van der Waals surface area (Å²) in [6, 6.07) is 20.7. The van der Waals surface area contributed by atoms with Gasteiger partial charge in [-0.3, -0.25) is 9.59 Å². The lowest BCUT2D eigenvalue weighted by molar-refractivity contribution is -0.114. The first-order valence-electron chi connectivity index (χ1n) is 13.7. The van der Waals surface area contributed by atoms with E-state index < -0.39 is 0 Å². The first-order valence-corrected chi connectivity index (χ1v) is 14.1. The summed E-state index contributed by atoms with van der Waals surface area (Å²) in [6.45, 7) is 3.44. The Bertz CT molecular complexity index is 1540. The molecule has 2 N–H and O–H groups in total. The molecule has 1 saturated heterocycles. The standard InChI is InChI=1S/C32H32ClFN4O3/c1-21(39)35-28-10-5-23(6-11-28)32(41)38(15-12-22-2-8-27(34)9-3-22)20-25-18-24-4-7-26(33)19-30(24)36-31(25)37-16-13-29(40)14-17-37/h2-11,18-19,29,40H,12-17,20H2,1H3,(H,35,39). The molecule has 0 radical (unpaired) electrons. The van der Waals surface area contributed by atoms with Crippen LogP contribution in [0.25, 0.3) is 10.9 Å². The number of carbonyl (C=O) groups excluding carboxylic acids is 2. The zero-order valence-electron chi connectivity index (χ0n) is 22.8. The fourth-order valence-electron chi connectivity index (χ4n) is 5.10. The molecule has 5 rings (SSSR count). The highest BCUT2D eigenvalue weighted by Crippen LogP contribution is 2.29. The van der Waals surface area contributed by atoms with Crippen LogP contribution >= 0.6 is 11.6 Å². The lowest BCUT2D eigenvalue weighted by Crippen LogP contribution is -2.38. The third-order valence-electron chi connectivity index (χ3n) is 7.28. The van der Waals surface area contributed by atoms with Crippen molar-refractivity contribution in [2.45, 2.75) is 38.8 Å². The second kappa shape index (κ2) is 12.7. The molecule has 0 saturated carbocycles. The number of benzene rings is 3. The largest absolute Gasteiger partial charge is 0.393 e. The van der Waals surface area contributed by atoms with Gasteiger partial charge in [0.25, 0.3) is 5.91 Å². The minimum absolute atomic E-state index is 0.169. The second-order valence-corrected chi connectivity index (χ2v) is 10.8. The van der Waals surface area contributed by atoms with Gasteiger partial charge in [-0.25, -0.2) is 9.37 Å². The van der Waals surface area contributed by atoms with Crippen molar-refractivity contribution in [3.63, 3.8) is 0 Å². The third-order valence-corrected chi connectivity index (χ3v) is 7.52. The molecule has 0 unspecified atom stereocenters. The van der Waals surface area contributed by atoms with Crippen molar-refractivity contribution in [2.24, 2.45) is 0 Å². The number of aromatic nitrogens is 1. The second-order valence-electron chi connectivity index (χ2n) is 10.4. The van der Waals surface area contributed by atoms with E-state index in [0.29, 0.717) is 61.7 Å². The topological polar surface area (TPSA) is 85.8 Å². The fourth-order valence-corrected chi connectivity index (χ4v) is 5.26. The average molecular weight is 575 g/mol. The number of halogens is 2. The number of aliphatic hydroxyl groups is 1.